The Hall–Kier alpha value is -3.79. The number of nitrogens with zero attached hydrogens (tertiary/aromatic N) is 2. The second-order valence-corrected chi connectivity index (χ2v) is 7.09. The minimum Gasteiger partial charge on any atom is -0.465 e. The molecule has 0 aliphatic carbocycles. The molecule has 3 aromatic rings. The number of halogens is 1. The molecule has 0 fully saturated rings. The molecule has 0 spiro atoms. The minimum absolute atomic E-state index is 0.0777. The summed E-state index contributed by atoms with van der Waals surface area (Å²) in [4.78, 5) is 35.6. The first-order valence-electron chi connectivity index (χ1n) is 8.97. The maximum absolute atomic E-state index is 13.7. The monoisotopic (exact) mass is 440 g/mol. The molecule has 1 aromatic heterocycles. The molecule has 0 aliphatic rings. The van der Waals surface area contributed by atoms with Crippen LogP contribution in [0.15, 0.2) is 65.7 Å². The molecule has 0 saturated carbocycles. The standard InChI is InChI=1S/C21H17FN4O4S/c1-30-21(29)13-6-8-14(9-7-13)23-18(27)12-31-19-11-10-17(25-26-19)24-20(28)15-4-2-3-5-16(15)22/h2-11H,12H2,1H3,(H,23,27)(H,24,25,28). The van der Waals surface area contributed by atoms with Gasteiger partial charge >= 0.3 is 5.97 Å². The molecule has 2 N–H and O–H groups in total. The second kappa shape index (κ2) is 10.3. The van der Waals surface area contributed by atoms with Crippen molar-refractivity contribution in [3.8, 4) is 0 Å². The van der Waals surface area contributed by atoms with Crippen molar-refractivity contribution in [1.82, 2.24) is 10.2 Å². The Labute approximate surface area is 181 Å². The maximum Gasteiger partial charge on any atom is 0.337 e. The average molecular weight is 440 g/mol. The fourth-order valence-electron chi connectivity index (χ4n) is 2.44. The van der Waals surface area contributed by atoms with E-state index in [2.05, 4.69) is 25.6 Å². The molecular formula is C21H17FN4O4S. The molecule has 1 heterocycles. The van der Waals surface area contributed by atoms with Crippen LogP contribution < -0.4 is 10.6 Å². The number of aromatic nitrogens is 2. The van der Waals surface area contributed by atoms with E-state index in [0.29, 0.717) is 16.3 Å². The number of carbonyl (C=O) groups is 3. The molecular weight excluding hydrogens is 423 g/mol. The molecule has 2 amide bonds. The summed E-state index contributed by atoms with van der Waals surface area (Å²) in [5.74, 6) is -1.76. The topological polar surface area (TPSA) is 110 Å². The molecule has 0 unspecified atom stereocenters. The van der Waals surface area contributed by atoms with Gasteiger partial charge in [-0.05, 0) is 48.5 Å². The molecule has 8 nitrogen and oxygen atoms in total. The summed E-state index contributed by atoms with van der Waals surface area (Å²) in [6.45, 7) is 0. The van der Waals surface area contributed by atoms with Gasteiger partial charge < -0.3 is 15.4 Å². The summed E-state index contributed by atoms with van der Waals surface area (Å²) in [6.07, 6.45) is 0. The van der Waals surface area contributed by atoms with E-state index in [4.69, 9.17) is 0 Å². The van der Waals surface area contributed by atoms with Gasteiger partial charge in [-0.15, -0.1) is 10.2 Å². The number of thioether (sulfide) groups is 1. The Morgan fingerprint density at radius 2 is 1.71 bits per heavy atom. The van der Waals surface area contributed by atoms with Crippen LogP contribution in [0, 0.1) is 5.82 Å². The van der Waals surface area contributed by atoms with E-state index in [-0.39, 0.29) is 23.0 Å². The highest BCUT2D eigenvalue weighted by Crippen LogP contribution is 2.17. The van der Waals surface area contributed by atoms with Crippen LogP contribution in [0.2, 0.25) is 0 Å². The first kappa shape index (κ1) is 21.9. The van der Waals surface area contributed by atoms with Gasteiger partial charge in [0.2, 0.25) is 5.91 Å². The number of rotatable bonds is 7. The highest BCUT2D eigenvalue weighted by atomic mass is 32.2. The summed E-state index contributed by atoms with van der Waals surface area (Å²) in [6, 6.07) is 15.0. The fraction of sp³-hybridized carbons (Fsp3) is 0.0952. The van der Waals surface area contributed by atoms with Crippen LogP contribution in [-0.2, 0) is 9.53 Å². The van der Waals surface area contributed by atoms with E-state index in [1.54, 1.807) is 36.4 Å². The lowest BCUT2D eigenvalue weighted by molar-refractivity contribution is -0.113. The van der Waals surface area contributed by atoms with Crippen LogP contribution in [-0.4, -0.2) is 40.8 Å². The highest BCUT2D eigenvalue weighted by molar-refractivity contribution is 7.99. The lowest BCUT2D eigenvalue weighted by Crippen LogP contribution is -2.15. The molecule has 10 heteroatoms. The van der Waals surface area contributed by atoms with Crippen molar-refractivity contribution in [2.24, 2.45) is 0 Å². The van der Waals surface area contributed by atoms with Crippen molar-refractivity contribution in [2.75, 3.05) is 23.5 Å². The summed E-state index contributed by atoms with van der Waals surface area (Å²) in [5.41, 5.74) is 0.821. The van der Waals surface area contributed by atoms with Crippen LogP contribution in [0.1, 0.15) is 20.7 Å². The average Bonchev–Trinajstić information content (AvgIpc) is 2.79. The van der Waals surface area contributed by atoms with E-state index in [9.17, 15) is 18.8 Å². The Bertz CT molecular complexity index is 1090. The molecule has 0 radical (unpaired) electrons. The fourth-order valence-corrected chi connectivity index (χ4v) is 3.05. The van der Waals surface area contributed by atoms with Crippen LogP contribution in [0.25, 0.3) is 0 Å². The SMILES string of the molecule is COC(=O)c1ccc(NC(=O)CSc2ccc(NC(=O)c3ccccc3F)nn2)cc1. The van der Waals surface area contributed by atoms with Crippen LogP contribution >= 0.6 is 11.8 Å². The smallest absolute Gasteiger partial charge is 0.337 e. The molecule has 0 bridgehead atoms. The van der Waals surface area contributed by atoms with E-state index in [1.807, 2.05) is 0 Å². The van der Waals surface area contributed by atoms with Crippen molar-refractivity contribution in [3.05, 3.63) is 77.6 Å². The van der Waals surface area contributed by atoms with Gasteiger partial charge in [0.15, 0.2) is 5.82 Å². The van der Waals surface area contributed by atoms with E-state index < -0.39 is 17.7 Å². The predicted octanol–water partition coefficient (Wildman–Crippen LogP) is 3.39. The maximum atomic E-state index is 13.7. The Balaban J connectivity index is 1.49. The van der Waals surface area contributed by atoms with Gasteiger partial charge in [0, 0.05) is 5.69 Å². The third-order valence-corrected chi connectivity index (χ3v) is 4.86. The van der Waals surface area contributed by atoms with Crippen molar-refractivity contribution in [2.45, 2.75) is 5.03 Å². The molecule has 2 aromatic carbocycles. The number of esters is 1. The summed E-state index contributed by atoms with van der Waals surface area (Å²) in [7, 11) is 1.29. The number of methoxy groups -OCH3 is 1. The first-order chi connectivity index (χ1) is 15.0. The van der Waals surface area contributed by atoms with Gasteiger partial charge in [0.25, 0.3) is 5.91 Å². The largest absolute Gasteiger partial charge is 0.465 e. The van der Waals surface area contributed by atoms with E-state index in [0.717, 1.165) is 11.8 Å². The van der Waals surface area contributed by atoms with Crippen LogP contribution in [0.4, 0.5) is 15.9 Å². The van der Waals surface area contributed by atoms with E-state index in [1.165, 1.54) is 31.4 Å². The number of carbonyl (C=O) groups excluding carboxylic acids is 3. The third kappa shape index (κ3) is 6.09. The van der Waals surface area contributed by atoms with Gasteiger partial charge in [0.05, 0.1) is 24.0 Å². The first-order valence-corrected chi connectivity index (χ1v) is 9.95. The summed E-state index contributed by atoms with van der Waals surface area (Å²) >= 11 is 1.15. The van der Waals surface area contributed by atoms with E-state index >= 15 is 0 Å². The number of anilines is 2. The number of ether oxygens (including phenoxy) is 1. The molecule has 158 valence electrons. The predicted molar refractivity (Wildman–Crippen MR) is 114 cm³/mol. The summed E-state index contributed by atoms with van der Waals surface area (Å²) in [5, 5.41) is 13.5. The molecule has 0 atom stereocenters. The van der Waals surface area contributed by atoms with Gasteiger partial charge in [0.1, 0.15) is 10.8 Å². The zero-order valence-corrected chi connectivity index (χ0v) is 17.1. The second-order valence-electron chi connectivity index (χ2n) is 6.10. The Kier molecular flexibility index (Phi) is 7.28. The Morgan fingerprint density at radius 3 is 2.35 bits per heavy atom. The minimum atomic E-state index is -0.634. The molecule has 31 heavy (non-hydrogen) atoms. The quantitative estimate of drug-likeness (QED) is 0.428. The van der Waals surface area contributed by atoms with Gasteiger partial charge in [-0.25, -0.2) is 9.18 Å². The molecule has 0 saturated heterocycles. The van der Waals surface area contributed by atoms with Gasteiger partial charge in [-0.2, -0.15) is 0 Å². The van der Waals surface area contributed by atoms with Crippen molar-refractivity contribution in [1.29, 1.82) is 0 Å². The molecule has 3 rings (SSSR count). The Morgan fingerprint density at radius 1 is 0.968 bits per heavy atom. The number of benzene rings is 2. The van der Waals surface area contributed by atoms with Gasteiger partial charge in [-0.3, -0.25) is 9.59 Å². The van der Waals surface area contributed by atoms with Crippen molar-refractivity contribution in [3.63, 3.8) is 0 Å². The molecule has 0 aliphatic heterocycles. The van der Waals surface area contributed by atoms with Crippen molar-refractivity contribution >= 4 is 41.1 Å². The zero-order valence-electron chi connectivity index (χ0n) is 16.3. The van der Waals surface area contributed by atoms with Crippen molar-refractivity contribution < 1.29 is 23.5 Å². The normalized spacial score (nSPS) is 10.3. The van der Waals surface area contributed by atoms with Gasteiger partial charge in [-0.1, -0.05) is 23.9 Å². The lowest BCUT2D eigenvalue weighted by atomic mass is 10.2. The third-order valence-electron chi connectivity index (χ3n) is 3.94. The number of nitrogens with one attached hydrogen (secondary N) is 2. The number of hydrogen-bond donors (Lipinski definition) is 2. The number of hydrogen-bond acceptors (Lipinski definition) is 7. The summed E-state index contributed by atoms with van der Waals surface area (Å²) < 4.78 is 18.3. The highest BCUT2D eigenvalue weighted by Gasteiger charge is 2.12. The zero-order chi connectivity index (χ0) is 22.2. The number of amides is 2. The van der Waals surface area contributed by atoms with Crippen LogP contribution in [0.5, 0.6) is 0 Å². The van der Waals surface area contributed by atoms with Crippen LogP contribution in [0.3, 0.4) is 0 Å². The lowest BCUT2D eigenvalue weighted by Gasteiger charge is -2.07.